The summed E-state index contributed by atoms with van der Waals surface area (Å²) in [5.74, 6) is 2.06. The van der Waals surface area contributed by atoms with Crippen molar-refractivity contribution in [1.29, 1.82) is 0 Å². The molecule has 4 heteroatoms. The van der Waals surface area contributed by atoms with E-state index in [0.29, 0.717) is 5.54 Å². The van der Waals surface area contributed by atoms with Crippen LogP contribution in [0.1, 0.15) is 31.4 Å². The maximum absolute atomic E-state index is 4.34. The molecule has 3 aliphatic rings. The monoisotopic (exact) mass is 258 g/mol. The van der Waals surface area contributed by atoms with Gasteiger partial charge in [-0.1, -0.05) is 0 Å². The van der Waals surface area contributed by atoms with E-state index in [1.165, 1.54) is 38.8 Å². The quantitative estimate of drug-likeness (QED) is 0.828. The van der Waals surface area contributed by atoms with Crippen LogP contribution in [-0.2, 0) is 0 Å². The fourth-order valence-corrected chi connectivity index (χ4v) is 3.56. The van der Waals surface area contributed by atoms with Gasteiger partial charge in [-0.15, -0.1) is 5.10 Å². The van der Waals surface area contributed by atoms with E-state index in [2.05, 4.69) is 32.1 Å². The first-order chi connectivity index (χ1) is 9.25. The number of aryl methyl sites for hydroxylation is 1. The van der Waals surface area contributed by atoms with Crippen LogP contribution in [-0.4, -0.2) is 46.8 Å². The number of aromatic nitrogens is 2. The van der Waals surface area contributed by atoms with Crippen LogP contribution in [0.5, 0.6) is 0 Å². The minimum absolute atomic E-state index is 0.467. The van der Waals surface area contributed by atoms with E-state index >= 15 is 0 Å². The van der Waals surface area contributed by atoms with Crippen LogP contribution in [0.3, 0.4) is 0 Å². The zero-order valence-electron chi connectivity index (χ0n) is 11.7. The Kier molecular flexibility index (Phi) is 2.56. The first-order valence-corrected chi connectivity index (χ1v) is 7.56. The van der Waals surface area contributed by atoms with Gasteiger partial charge in [0.05, 0.1) is 5.69 Å². The summed E-state index contributed by atoms with van der Waals surface area (Å²) in [6.45, 7) is 6.93. The summed E-state index contributed by atoms with van der Waals surface area (Å²) in [7, 11) is 0. The van der Waals surface area contributed by atoms with Crippen LogP contribution in [0.4, 0.5) is 5.82 Å². The van der Waals surface area contributed by atoms with E-state index in [1.807, 2.05) is 6.92 Å². The molecule has 1 aromatic rings. The van der Waals surface area contributed by atoms with E-state index in [1.54, 1.807) is 0 Å². The molecule has 4 rings (SSSR count). The standard InChI is InChI=1S/C15H22N4/c1-12-2-5-14(17-16-12)18-8-6-15(11-18)7-9-19(15)10-13-3-4-13/h2,5,13H,3-4,6-11H2,1H3. The van der Waals surface area contributed by atoms with Crippen molar-refractivity contribution in [3.63, 3.8) is 0 Å². The Balaban J connectivity index is 1.45. The molecule has 2 saturated heterocycles. The second-order valence-corrected chi connectivity index (χ2v) is 6.57. The lowest BCUT2D eigenvalue weighted by Crippen LogP contribution is -2.61. The van der Waals surface area contributed by atoms with Crippen molar-refractivity contribution in [2.45, 2.75) is 38.1 Å². The molecule has 1 aromatic heterocycles. The van der Waals surface area contributed by atoms with Crippen LogP contribution in [0.15, 0.2) is 12.1 Å². The lowest BCUT2D eigenvalue weighted by atomic mass is 9.83. The second kappa shape index (κ2) is 4.17. The number of hydrogen-bond donors (Lipinski definition) is 0. The van der Waals surface area contributed by atoms with Crippen molar-refractivity contribution in [2.75, 3.05) is 31.1 Å². The van der Waals surface area contributed by atoms with Gasteiger partial charge in [0.2, 0.25) is 0 Å². The van der Waals surface area contributed by atoms with Crippen LogP contribution in [0.25, 0.3) is 0 Å². The summed E-state index contributed by atoms with van der Waals surface area (Å²) in [4.78, 5) is 5.16. The van der Waals surface area contributed by atoms with Gasteiger partial charge in [-0.05, 0) is 50.7 Å². The first-order valence-electron chi connectivity index (χ1n) is 7.56. The van der Waals surface area contributed by atoms with Crippen LogP contribution < -0.4 is 4.90 Å². The second-order valence-electron chi connectivity index (χ2n) is 6.57. The third kappa shape index (κ3) is 2.02. The molecule has 0 radical (unpaired) electrons. The van der Waals surface area contributed by atoms with E-state index < -0.39 is 0 Å². The van der Waals surface area contributed by atoms with Crippen LogP contribution in [0.2, 0.25) is 0 Å². The number of nitrogens with zero attached hydrogens (tertiary/aromatic N) is 4. The van der Waals surface area contributed by atoms with E-state index in [-0.39, 0.29) is 0 Å². The number of likely N-dealkylation sites (tertiary alicyclic amines) is 1. The molecule has 19 heavy (non-hydrogen) atoms. The van der Waals surface area contributed by atoms with E-state index in [4.69, 9.17) is 0 Å². The summed E-state index contributed by atoms with van der Waals surface area (Å²) in [6.07, 6.45) is 5.59. The van der Waals surface area contributed by atoms with Gasteiger partial charge < -0.3 is 4.90 Å². The average Bonchev–Trinajstić information content (AvgIpc) is 3.12. The van der Waals surface area contributed by atoms with Gasteiger partial charge in [-0.25, -0.2) is 0 Å². The van der Waals surface area contributed by atoms with E-state index in [0.717, 1.165) is 30.5 Å². The molecular weight excluding hydrogens is 236 g/mol. The summed E-state index contributed by atoms with van der Waals surface area (Å²) in [6, 6.07) is 4.18. The lowest BCUT2D eigenvalue weighted by molar-refractivity contribution is -0.000858. The van der Waals surface area contributed by atoms with E-state index in [9.17, 15) is 0 Å². The Hall–Kier alpha value is -1.16. The molecule has 3 heterocycles. The zero-order valence-corrected chi connectivity index (χ0v) is 11.7. The first kappa shape index (κ1) is 11.6. The summed E-state index contributed by atoms with van der Waals surface area (Å²) < 4.78 is 0. The molecule has 4 nitrogen and oxygen atoms in total. The Morgan fingerprint density at radius 1 is 1.21 bits per heavy atom. The third-order valence-corrected chi connectivity index (χ3v) is 5.13. The van der Waals surface area contributed by atoms with Gasteiger partial charge >= 0.3 is 0 Å². The molecule has 1 spiro atoms. The van der Waals surface area contributed by atoms with Crippen molar-refractivity contribution in [1.82, 2.24) is 15.1 Å². The van der Waals surface area contributed by atoms with Gasteiger partial charge in [0.25, 0.3) is 0 Å². The van der Waals surface area contributed by atoms with Gasteiger partial charge in [-0.2, -0.15) is 5.10 Å². The van der Waals surface area contributed by atoms with Crippen molar-refractivity contribution in [3.8, 4) is 0 Å². The maximum Gasteiger partial charge on any atom is 0.151 e. The molecule has 3 fully saturated rings. The highest BCUT2D eigenvalue weighted by molar-refractivity contribution is 5.41. The zero-order chi connectivity index (χ0) is 12.9. The normalized spacial score (nSPS) is 30.9. The van der Waals surface area contributed by atoms with Gasteiger partial charge in [0, 0.05) is 31.7 Å². The Morgan fingerprint density at radius 2 is 2.05 bits per heavy atom. The van der Waals surface area contributed by atoms with Crippen LogP contribution >= 0.6 is 0 Å². The van der Waals surface area contributed by atoms with Crippen molar-refractivity contribution in [3.05, 3.63) is 17.8 Å². The summed E-state index contributed by atoms with van der Waals surface area (Å²) in [5.41, 5.74) is 1.46. The average molecular weight is 258 g/mol. The summed E-state index contributed by atoms with van der Waals surface area (Å²) >= 11 is 0. The minimum Gasteiger partial charge on any atom is -0.353 e. The fourth-order valence-electron chi connectivity index (χ4n) is 3.56. The maximum atomic E-state index is 4.34. The molecule has 1 saturated carbocycles. The Labute approximate surface area is 114 Å². The highest BCUT2D eigenvalue weighted by Crippen LogP contribution is 2.43. The van der Waals surface area contributed by atoms with Gasteiger partial charge in [0.15, 0.2) is 5.82 Å². The van der Waals surface area contributed by atoms with Gasteiger partial charge in [0.1, 0.15) is 0 Å². The number of rotatable bonds is 3. The Bertz CT molecular complexity index is 468. The number of anilines is 1. The molecule has 2 aliphatic heterocycles. The molecule has 1 aliphatic carbocycles. The molecule has 1 atom stereocenters. The molecule has 0 N–H and O–H groups in total. The van der Waals surface area contributed by atoms with Gasteiger partial charge in [-0.3, -0.25) is 4.90 Å². The third-order valence-electron chi connectivity index (χ3n) is 5.13. The van der Waals surface area contributed by atoms with Crippen molar-refractivity contribution in [2.24, 2.45) is 5.92 Å². The topological polar surface area (TPSA) is 32.3 Å². The molecule has 0 amide bonds. The molecule has 0 aromatic carbocycles. The minimum atomic E-state index is 0.467. The lowest BCUT2D eigenvalue weighted by Gasteiger charge is -2.51. The largest absolute Gasteiger partial charge is 0.353 e. The molecule has 102 valence electrons. The fraction of sp³-hybridized carbons (Fsp3) is 0.733. The van der Waals surface area contributed by atoms with Crippen molar-refractivity contribution < 1.29 is 0 Å². The highest BCUT2D eigenvalue weighted by atomic mass is 15.4. The number of hydrogen-bond acceptors (Lipinski definition) is 4. The Morgan fingerprint density at radius 3 is 2.68 bits per heavy atom. The predicted octanol–water partition coefficient (Wildman–Crippen LogP) is 1.85. The molecule has 1 unspecified atom stereocenters. The highest BCUT2D eigenvalue weighted by Gasteiger charge is 2.50. The van der Waals surface area contributed by atoms with Crippen LogP contribution in [0, 0.1) is 12.8 Å². The molecular formula is C15H22N4. The van der Waals surface area contributed by atoms with Crippen molar-refractivity contribution >= 4 is 5.82 Å². The SMILES string of the molecule is Cc1ccc(N2CCC3(CCN3CC3CC3)C2)nn1. The smallest absolute Gasteiger partial charge is 0.151 e. The molecule has 0 bridgehead atoms. The summed E-state index contributed by atoms with van der Waals surface area (Å²) in [5, 5.41) is 8.53. The predicted molar refractivity (Wildman–Crippen MR) is 75.2 cm³/mol.